The highest BCUT2D eigenvalue weighted by Gasteiger charge is 2.19. The molecule has 0 radical (unpaired) electrons. The monoisotopic (exact) mass is 514 g/mol. The molecule has 190 valence electrons. The van der Waals surface area contributed by atoms with Crippen molar-refractivity contribution in [3.8, 4) is 22.8 Å². The van der Waals surface area contributed by atoms with Crippen LogP contribution in [0.1, 0.15) is 15.9 Å². The maximum atomic E-state index is 12.9. The van der Waals surface area contributed by atoms with Crippen LogP contribution in [-0.4, -0.2) is 56.2 Å². The van der Waals surface area contributed by atoms with E-state index in [9.17, 15) is 4.79 Å². The molecule has 1 aliphatic heterocycles. The first kappa shape index (κ1) is 24.8. The quantitative estimate of drug-likeness (QED) is 0.348. The van der Waals surface area contributed by atoms with E-state index in [1.165, 1.54) is 0 Å². The topological polar surface area (TPSA) is 66.9 Å². The number of hydrogen-bond acceptors (Lipinski definition) is 7. The fourth-order valence-electron chi connectivity index (χ4n) is 4.39. The minimum absolute atomic E-state index is 0.0847. The largest absolute Gasteiger partial charge is 0.497 e. The molecule has 0 aliphatic carbocycles. The lowest BCUT2D eigenvalue weighted by Crippen LogP contribution is -2.46. The van der Waals surface area contributed by atoms with Crippen molar-refractivity contribution in [2.75, 3.05) is 45.3 Å². The van der Waals surface area contributed by atoms with Crippen molar-refractivity contribution in [3.05, 3.63) is 89.3 Å². The zero-order valence-electron chi connectivity index (χ0n) is 21.0. The molecule has 1 saturated heterocycles. The van der Waals surface area contributed by atoms with E-state index in [0.29, 0.717) is 12.1 Å². The Morgan fingerprint density at radius 2 is 1.70 bits per heavy atom. The zero-order valence-corrected chi connectivity index (χ0v) is 21.8. The fraction of sp³-hybridized carbons (Fsp3) is 0.241. The number of anilines is 2. The van der Waals surface area contributed by atoms with Gasteiger partial charge in [-0.2, -0.15) is 0 Å². The van der Waals surface area contributed by atoms with Crippen molar-refractivity contribution in [2.24, 2.45) is 0 Å². The molecule has 7 nitrogen and oxygen atoms in total. The molecule has 0 saturated carbocycles. The van der Waals surface area contributed by atoms with Crippen LogP contribution in [0.4, 0.5) is 10.8 Å². The third-order valence-corrected chi connectivity index (χ3v) is 7.30. The Kier molecular flexibility index (Phi) is 7.67. The van der Waals surface area contributed by atoms with Gasteiger partial charge in [0.05, 0.1) is 26.5 Å². The Bertz CT molecular complexity index is 1330. The smallest absolute Gasteiger partial charge is 0.253 e. The van der Waals surface area contributed by atoms with E-state index >= 15 is 0 Å². The van der Waals surface area contributed by atoms with Crippen molar-refractivity contribution in [1.82, 2.24) is 15.2 Å². The van der Waals surface area contributed by atoms with Crippen LogP contribution in [0, 0.1) is 0 Å². The molecule has 0 bridgehead atoms. The van der Waals surface area contributed by atoms with Gasteiger partial charge in [-0.25, -0.2) is 4.98 Å². The SMILES string of the molecule is COc1ccc(N(Cc2ccc(C(=O)N3CCNCC3)cc2)c2nc(-c3ccccc3OC)cs2)cc1. The molecule has 2 heterocycles. The molecule has 1 amide bonds. The summed E-state index contributed by atoms with van der Waals surface area (Å²) in [5.41, 5.74) is 4.63. The molecule has 1 aliphatic rings. The van der Waals surface area contributed by atoms with Gasteiger partial charge in [0.25, 0.3) is 5.91 Å². The van der Waals surface area contributed by atoms with Gasteiger partial charge in [0.15, 0.2) is 5.13 Å². The van der Waals surface area contributed by atoms with Crippen LogP contribution >= 0.6 is 11.3 Å². The number of methoxy groups -OCH3 is 2. The van der Waals surface area contributed by atoms with Gasteiger partial charge in [-0.05, 0) is 54.1 Å². The number of nitrogens with zero attached hydrogens (tertiary/aromatic N) is 3. The first-order chi connectivity index (χ1) is 18.2. The summed E-state index contributed by atoms with van der Waals surface area (Å²) in [5.74, 6) is 1.68. The summed E-state index contributed by atoms with van der Waals surface area (Å²) in [6.07, 6.45) is 0. The average molecular weight is 515 g/mol. The van der Waals surface area contributed by atoms with Crippen molar-refractivity contribution < 1.29 is 14.3 Å². The standard InChI is InChI=1S/C29H30N4O3S/c1-35-24-13-11-23(12-14-24)33(29-31-26(20-37-29)25-5-3-4-6-27(25)36-2)19-21-7-9-22(10-8-21)28(34)32-17-15-30-16-18-32/h3-14,20,30H,15-19H2,1-2H3. The van der Waals surface area contributed by atoms with E-state index in [0.717, 1.165) is 65.3 Å². The summed E-state index contributed by atoms with van der Waals surface area (Å²) in [7, 11) is 3.34. The molecule has 37 heavy (non-hydrogen) atoms. The maximum absolute atomic E-state index is 12.9. The van der Waals surface area contributed by atoms with Gasteiger partial charge in [0.1, 0.15) is 11.5 Å². The number of thiazole rings is 1. The van der Waals surface area contributed by atoms with Gasteiger partial charge in [-0.3, -0.25) is 4.79 Å². The third kappa shape index (κ3) is 5.60. The molecule has 1 N–H and O–H groups in total. The minimum Gasteiger partial charge on any atom is -0.497 e. The summed E-state index contributed by atoms with van der Waals surface area (Å²) in [5, 5.41) is 6.21. The molecule has 0 atom stereocenters. The molecular weight excluding hydrogens is 484 g/mol. The fourth-order valence-corrected chi connectivity index (χ4v) is 5.23. The summed E-state index contributed by atoms with van der Waals surface area (Å²) < 4.78 is 10.9. The number of para-hydroxylation sites is 1. The Labute approximate surface area is 221 Å². The van der Waals surface area contributed by atoms with Gasteiger partial charge in [0, 0.05) is 48.4 Å². The zero-order chi connectivity index (χ0) is 25.6. The lowest BCUT2D eigenvalue weighted by Gasteiger charge is -2.27. The predicted octanol–water partition coefficient (Wildman–Crippen LogP) is 5.21. The second kappa shape index (κ2) is 11.5. The number of carbonyl (C=O) groups is 1. The average Bonchev–Trinajstić information content (AvgIpc) is 3.46. The van der Waals surface area contributed by atoms with Gasteiger partial charge < -0.3 is 24.6 Å². The Hall–Kier alpha value is -3.88. The Morgan fingerprint density at radius 3 is 2.41 bits per heavy atom. The number of nitrogens with one attached hydrogen (secondary N) is 1. The number of piperazine rings is 1. The van der Waals surface area contributed by atoms with Crippen LogP contribution in [0.15, 0.2) is 78.2 Å². The van der Waals surface area contributed by atoms with E-state index < -0.39 is 0 Å². The minimum atomic E-state index is 0.0847. The van der Waals surface area contributed by atoms with Crippen LogP contribution in [0.2, 0.25) is 0 Å². The molecular formula is C29H30N4O3S. The number of aromatic nitrogens is 1. The first-order valence-electron chi connectivity index (χ1n) is 12.3. The number of hydrogen-bond donors (Lipinski definition) is 1. The molecule has 4 aromatic rings. The van der Waals surface area contributed by atoms with Crippen LogP contribution in [-0.2, 0) is 6.54 Å². The lowest BCUT2D eigenvalue weighted by atomic mass is 10.1. The Balaban J connectivity index is 1.42. The van der Waals surface area contributed by atoms with E-state index in [1.807, 2.05) is 77.7 Å². The maximum Gasteiger partial charge on any atom is 0.253 e. The number of amides is 1. The molecule has 1 fully saturated rings. The highest BCUT2D eigenvalue weighted by Crippen LogP contribution is 2.37. The number of rotatable bonds is 8. The summed E-state index contributed by atoms with van der Waals surface area (Å²) >= 11 is 1.58. The summed E-state index contributed by atoms with van der Waals surface area (Å²) in [4.78, 5) is 21.9. The van der Waals surface area contributed by atoms with Crippen LogP contribution in [0.5, 0.6) is 11.5 Å². The Morgan fingerprint density at radius 1 is 0.973 bits per heavy atom. The van der Waals surface area contributed by atoms with Crippen LogP contribution in [0.3, 0.4) is 0 Å². The van der Waals surface area contributed by atoms with Crippen molar-refractivity contribution in [2.45, 2.75) is 6.54 Å². The van der Waals surface area contributed by atoms with Crippen molar-refractivity contribution >= 4 is 28.1 Å². The normalized spacial score (nSPS) is 13.3. The highest BCUT2D eigenvalue weighted by molar-refractivity contribution is 7.14. The van der Waals surface area contributed by atoms with Crippen molar-refractivity contribution in [3.63, 3.8) is 0 Å². The molecule has 3 aromatic carbocycles. The van der Waals surface area contributed by atoms with Gasteiger partial charge in [-0.1, -0.05) is 24.3 Å². The van der Waals surface area contributed by atoms with E-state index in [1.54, 1.807) is 25.6 Å². The second-order valence-corrected chi connectivity index (χ2v) is 9.58. The lowest BCUT2D eigenvalue weighted by molar-refractivity contribution is 0.0736. The number of ether oxygens (including phenoxy) is 2. The van der Waals surface area contributed by atoms with Gasteiger partial charge in [0.2, 0.25) is 0 Å². The van der Waals surface area contributed by atoms with E-state index in [2.05, 4.69) is 15.6 Å². The predicted molar refractivity (Wildman–Crippen MR) is 148 cm³/mol. The first-order valence-corrected chi connectivity index (χ1v) is 13.1. The molecule has 0 unspecified atom stereocenters. The van der Waals surface area contributed by atoms with Gasteiger partial charge in [-0.15, -0.1) is 11.3 Å². The van der Waals surface area contributed by atoms with E-state index in [-0.39, 0.29) is 5.91 Å². The van der Waals surface area contributed by atoms with Crippen LogP contribution < -0.4 is 19.7 Å². The van der Waals surface area contributed by atoms with Gasteiger partial charge >= 0.3 is 0 Å². The van der Waals surface area contributed by atoms with Crippen molar-refractivity contribution in [1.29, 1.82) is 0 Å². The summed E-state index contributed by atoms with van der Waals surface area (Å²) in [6.45, 7) is 3.76. The highest BCUT2D eigenvalue weighted by atomic mass is 32.1. The molecule has 0 spiro atoms. The molecule has 5 rings (SSSR count). The third-order valence-electron chi connectivity index (χ3n) is 6.44. The second-order valence-electron chi connectivity index (χ2n) is 8.74. The van der Waals surface area contributed by atoms with E-state index in [4.69, 9.17) is 14.5 Å². The molecule has 8 heteroatoms. The molecule has 1 aromatic heterocycles. The summed E-state index contributed by atoms with van der Waals surface area (Å²) in [6, 6.07) is 23.8. The number of benzene rings is 3. The van der Waals surface area contributed by atoms with Crippen LogP contribution in [0.25, 0.3) is 11.3 Å². The number of carbonyl (C=O) groups excluding carboxylic acids is 1.